The van der Waals surface area contributed by atoms with Gasteiger partial charge in [0.15, 0.2) is 5.96 Å². The number of hydrogen-bond donors (Lipinski definition) is 2. The second-order valence-electron chi connectivity index (χ2n) is 4.42. The Morgan fingerprint density at radius 2 is 1.89 bits per heavy atom. The third-order valence-corrected chi connectivity index (χ3v) is 3.68. The van der Waals surface area contributed by atoms with Gasteiger partial charge in [0.1, 0.15) is 0 Å². The summed E-state index contributed by atoms with van der Waals surface area (Å²) in [5.74, 6) is 0.812. The molecule has 0 bridgehead atoms. The van der Waals surface area contributed by atoms with Crippen LogP contribution in [0, 0.1) is 0 Å². The minimum atomic E-state index is 0. The quantitative estimate of drug-likeness (QED) is 0.264. The van der Waals surface area contributed by atoms with Gasteiger partial charge >= 0.3 is 0 Å². The second kappa shape index (κ2) is 13.3. The Morgan fingerprint density at radius 3 is 2.42 bits per heavy atom. The lowest BCUT2D eigenvalue weighted by atomic mass is 10.2. The minimum Gasteiger partial charge on any atom is -0.382 e. The van der Waals surface area contributed by atoms with Crippen LogP contribution in [0.4, 0.5) is 0 Å². The molecule has 0 aliphatic carbocycles. The van der Waals surface area contributed by atoms with E-state index in [1.165, 1.54) is 0 Å². The molecule has 19 heavy (non-hydrogen) atoms. The zero-order valence-corrected chi connectivity index (χ0v) is 15.8. The smallest absolute Gasteiger partial charge is 0.191 e. The van der Waals surface area contributed by atoms with Gasteiger partial charge in [0.25, 0.3) is 0 Å². The summed E-state index contributed by atoms with van der Waals surface area (Å²) in [5.41, 5.74) is 0. The van der Waals surface area contributed by atoms with Crippen LogP contribution in [0.3, 0.4) is 0 Å². The first-order chi connectivity index (χ1) is 8.55. The molecule has 116 valence electrons. The molecule has 0 aliphatic heterocycles. The van der Waals surface area contributed by atoms with Crippen molar-refractivity contribution < 1.29 is 9.47 Å². The van der Waals surface area contributed by atoms with Crippen molar-refractivity contribution in [2.75, 3.05) is 53.3 Å². The lowest BCUT2D eigenvalue weighted by Crippen LogP contribution is -2.44. The van der Waals surface area contributed by atoms with E-state index in [0.29, 0.717) is 19.8 Å². The average Bonchev–Trinajstić information content (AvgIpc) is 2.37. The molecule has 0 aromatic heterocycles. The number of hydrogen-bond acceptors (Lipinski definition) is 4. The number of guanidine groups is 1. The molecule has 0 aliphatic rings. The Kier molecular flexibility index (Phi) is 15.1. The van der Waals surface area contributed by atoms with Crippen LogP contribution in [0.2, 0.25) is 0 Å². The van der Waals surface area contributed by atoms with Crippen molar-refractivity contribution >= 4 is 41.7 Å². The van der Waals surface area contributed by atoms with Crippen molar-refractivity contribution in [3.63, 3.8) is 0 Å². The fourth-order valence-corrected chi connectivity index (χ4v) is 1.29. The fourth-order valence-electron chi connectivity index (χ4n) is 1.08. The van der Waals surface area contributed by atoms with Gasteiger partial charge in [0, 0.05) is 32.0 Å². The molecule has 0 spiro atoms. The molecule has 0 unspecified atom stereocenters. The van der Waals surface area contributed by atoms with Crippen LogP contribution in [-0.2, 0) is 9.47 Å². The van der Waals surface area contributed by atoms with Crippen LogP contribution < -0.4 is 10.6 Å². The molecule has 0 saturated carbocycles. The lowest BCUT2D eigenvalue weighted by molar-refractivity contribution is 0.0733. The summed E-state index contributed by atoms with van der Waals surface area (Å²) in [5, 5.41) is 6.51. The number of rotatable bonds is 9. The molecule has 0 amide bonds. The van der Waals surface area contributed by atoms with Gasteiger partial charge in [0.05, 0.1) is 19.8 Å². The van der Waals surface area contributed by atoms with Gasteiger partial charge in [-0.1, -0.05) is 0 Å². The zero-order chi connectivity index (χ0) is 13.9. The molecule has 0 atom stereocenters. The van der Waals surface area contributed by atoms with Gasteiger partial charge in [0.2, 0.25) is 0 Å². The van der Waals surface area contributed by atoms with Crippen molar-refractivity contribution in [1.29, 1.82) is 0 Å². The van der Waals surface area contributed by atoms with Crippen molar-refractivity contribution in [3.05, 3.63) is 0 Å². The summed E-state index contributed by atoms with van der Waals surface area (Å²) in [6, 6.07) is 0. The lowest BCUT2D eigenvalue weighted by Gasteiger charge is -2.23. The van der Waals surface area contributed by atoms with Gasteiger partial charge in [-0.15, -0.1) is 24.0 Å². The van der Waals surface area contributed by atoms with Gasteiger partial charge in [-0.05, 0) is 20.1 Å². The standard InChI is InChI=1S/C12H27N3O2S.HI/c1-12(2,18-5)10-15-11(13-3)14-6-7-17-9-8-16-4;/h6-10H2,1-5H3,(H2,13,14,15);1H. The highest BCUT2D eigenvalue weighted by Crippen LogP contribution is 2.19. The summed E-state index contributed by atoms with van der Waals surface area (Å²) >= 11 is 1.83. The number of methoxy groups -OCH3 is 1. The average molecular weight is 405 g/mol. The van der Waals surface area contributed by atoms with E-state index in [1.807, 2.05) is 11.8 Å². The number of ether oxygens (including phenoxy) is 2. The van der Waals surface area contributed by atoms with E-state index in [4.69, 9.17) is 9.47 Å². The van der Waals surface area contributed by atoms with Crippen LogP contribution >= 0.6 is 35.7 Å². The molecule has 0 rings (SSSR count). The maximum absolute atomic E-state index is 5.36. The Labute approximate surface area is 138 Å². The maximum atomic E-state index is 5.36. The number of nitrogens with zero attached hydrogens (tertiary/aromatic N) is 1. The van der Waals surface area contributed by atoms with Crippen LogP contribution in [0.1, 0.15) is 13.8 Å². The van der Waals surface area contributed by atoms with Gasteiger partial charge < -0.3 is 20.1 Å². The Morgan fingerprint density at radius 1 is 1.21 bits per heavy atom. The van der Waals surface area contributed by atoms with Gasteiger partial charge in [-0.2, -0.15) is 11.8 Å². The SMILES string of the molecule is CN=C(NCCOCCOC)NCC(C)(C)SC.I. The predicted molar refractivity (Wildman–Crippen MR) is 95.1 cm³/mol. The van der Waals surface area contributed by atoms with E-state index in [1.54, 1.807) is 14.2 Å². The monoisotopic (exact) mass is 405 g/mol. The first-order valence-corrected chi connectivity index (χ1v) is 7.34. The molecule has 2 N–H and O–H groups in total. The van der Waals surface area contributed by atoms with Crippen LogP contribution in [0.5, 0.6) is 0 Å². The van der Waals surface area contributed by atoms with Crippen molar-refractivity contribution in [2.45, 2.75) is 18.6 Å². The molecular formula is C12H28IN3O2S. The summed E-state index contributed by atoms with van der Waals surface area (Å²) < 4.78 is 10.5. The highest BCUT2D eigenvalue weighted by atomic mass is 127. The van der Waals surface area contributed by atoms with Crippen LogP contribution in [0.15, 0.2) is 4.99 Å². The zero-order valence-electron chi connectivity index (χ0n) is 12.6. The highest BCUT2D eigenvalue weighted by molar-refractivity contribution is 14.0. The van der Waals surface area contributed by atoms with E-state index in [9.17, 15) is 0 Å². The molecule has 0 radical (unpaired) electrons. The van der Waals surface area contributed by atoms with Crippen LogP contribution in [0.25, 0.3) is 0 Å². The Balaban J connectivity index is 0. The highest BCUT2D eigenvalue weighted by Gasteiger charge is 2.15. The minimum absolute atomic E-state index is 0. The van der Waals surface area contributed by atoms with E-state index in [2.05, 4.69) is 35.7 Å². The second-order valence-corrected chi connectivity index (χ2v) is 5.93. The summed E-state index contributed by atoms with van der Waals surface area (Å²) in [6.07, 6.45) is 2.11. The maximum Gasteiger partial charge on any atom is 0.191 e. The first-order valence-electron chi connectivity index (χ1n) is 6.12. The molecule has 0 saturated heterocycles. The third kappa shape index (κ3) is 13.0. The third-order valence-electron chi connectivity index (χ3n) is 2.43. The molecule has 0 aromatic carbocycles. The van der Waals surface area contributed by atoms with Gasteiger partial charge in [-0.3, -0.25) is 4.99 Å². The molecule has 0 aromatic rings. The van der Waals surface area contributed by atoms with E-state index >= 15 is 0 Å². The largest absolute Gasteiger partial charge is 0.382 e. The van der Waals surface area contributed by atoms with E-state index in [-0.39, 0.29) is 28.7 Å². The summed E-state index contributed by atoms with van der Waals surface area (Å²) in [7, 11) is 3.44. The molecule has 7 heteroatoms. The molecule has 5 nitrogen and oxygen atoms in total. The van der Waals surface area contributed by atoms with Crippen molar-refractivity contribution in [1.82, 2.24) is 10.6 Å². The van der Waals surface area contributed by atoms with Crippen LogP contribution in [-0.4, -0.2) is 64.0 Å². The van der Waals surface area contributed by atoms with E-state index < -0.39 is 0 Å². The number of aliphatic imine (C=N–C) groups is 1. The molecule has 0 fully saturated rings. The van der Waals surface area contributed by atoms with Gasteiger partial charge in [-0.25, -0.2) is 0 Å². The topological polar surface area (TPSA) is 54.9 Å². The van der Waals surface area contributed by atoms with E-state index in [0.717, 1.165) is 19.0 Å². The van der Waals surface area contributed by atoms with Crippen molar-refractivity contribution in [2.24, 2.45) is 4.99 Å². The van der Waals surface area contributed by atoms with Crippen molar-refractivity contribution in [3.8, 4) is 0 Å². The molecule has 0 heterocycles. The number of thioether (sulfide) groups is 1. The number of halogens is 1. The Bertz CT molecular complexity index is 241. The normalized spacial score (nSPS) is 11.9. The predicted octanol–water partition coefficient (Wildman–Crippen LogP) is 1.57. The molecular weight excluding hydrogens is 377 g/mol. The number of nitrogens with one attached hydrogen (secondary N) is 2. The summed E-state index contributed by atoms with van der Waals surface area (Å²) in [6.45, 7) is 7.92. The summed E-state index contributed by atoms with van der Waals surface area (Å²) in [4.78, 5) is 4.16. The Hall–Kier alpha value is 0.270. The first kappa shape index (κ1) is 21.6. The fraction of sp³-hybridized carbons (Fsp3) is 0.917.